The van der Waals surface area contributed by atoms with Crippen LogP contribution in [0, 0.1) is 5.82 Å². The number of nitrogens with one attached hydrogen (secondary N) is 1. The second kappa shape index (κ2) is 8.96. The van der Waals surface area contributed by atoms with Crippen molar-refractivity contribution < 1.29 is 14.2 Å². The SMILES string of the molecule is OC1CCC(Nc2ccc3ncc(-c4ccc(OCc5ccccc5)c(F)c4)n3n2)CC1. The van der Waals surface area contributed by atoms with Crippen LogP contribution in [-0.4, -0.2) is 31.9 Å². The van der Waals surface area contributed by atoms with Gasteiger partial charge in [0.05, 0.1) is 18.0 Å². The van der Waals surface area contributed by atoms with Gasteiger partial charge in [0.1, 0.15) is 12.4 Å². The van der Waals surface area contributed by atoms with Gasteiger partial charge in [0.15, 0.2) is 17.2 Å². The minimum absolute atomic E-state index is 0.196. The van der Waals surface area contributed by atoms with Crippen LogP contribution in [0.5, 0.6) is 5.75 Å². The summed E-state index contributed by atoms with van der Waals surface area (Å²) in [4.78, 5) is 4.41. The van der Waals surface area contributed by atoms with E-state index >= 15 is 0 Å². The lowest BCUT2D eigenvalue weighted by molar-refractivity contribution is 0.126. The lowest BCUT2D eigenvalue weighted by Crippen LogP contribution is -2.28. The van der Waals surface area contributed by atoms with Crippen molar-refractivity contribution in [3.8, 4) is 17.0 Å². The summed E-state index contributed by atoms with van der Waals surface area (Å²) in [6, 6.07) is 18.7. The summed E-state index contributed by atoms with van der Waals surface area (Å²) in [5.41, 5.74) is 3.05. The maximum absolute atomic E-state index is 14.8. The molecule has 0 atom stereocenters. The van der Waals surface area contributed by atoms with Crippen LogP contribution in [0.4, 0.5) is 10.2 Å². The van der Waals surface area contributed by atoms with Crippen molar-refractivity contribution in [2.75, 3.05) is 5.32 Å². The van der Waals surface area contributed by atoms with Crippen molar-refractivity contribution in [2.24, 2.45) is 0 Å². The first-order chi connectivity index (χ1) is 15.7. The number of hydrogen-bond acceptors (Lipinski definition) is 5. The predicted octanol–water partition coefficient (Wildman–Crippen LogP) is 4.83. The van der Waals surface area contributed by atoms with E-state index in [4.69, 9.17) is 4.74 Å². The van der Waals surface area contributed by atoms with Crippen molar-refractivity contribution in [1.82, 2.24) is 14.6 Å². The number of rotatable bonds is 6. The van der Waals surface area contributed by atoms with Gasteiger partial charge < -0.3 is 15.2 Å². The zero-order valence-corrected chi connectivity index (χ0v) is 17.6. The van der Waals surface area contributed by atoms with E-state index in [-0.39, 0.29) is 17.9 Å². The smallest absolute Gasteiger partial charge is 0.165 e. The van der Waals surface area contributed by atoms with Gasteiger partial charge in [-0.1, -0.05) is 30.3 Å². The van der Waals surface area contributed by atoms with Gasteiger partial charge >= 0.3 is 0 Å². The second-order valence-electron chi connectivity index (χ2n) is 8.20. The van der Waals surface area contributed by atoms with Gasteiger partial charge in [0, 0.05) is 11.6 Å². The molecule has 0 saturated heterocycles. The molecule has 1 aliphatic carbocycles. The molecule has 0 radical (unpaired) electrons. The average Bonchev–Trinajstić information content (AvgIpc) is 3.24. The Labute approximate surface area is 185 Å². The third-order valence-corrected chi connectivity index (χ3v) is 5.88. The maximum Gasteiger partial charge on any atom is 0.165 e. The molecule has 0 bridgehead atoms. The largest absolute Gasteiger partial charge is 0.486 e. The van der Waals surface area contributed by atoms with Crippen molar-refractivity contribution in [3.63, 3.8) is 0 Å². The lowest BCUT2D eigenvalue weighted by Gasteiger charge is -2.26. The zero-order valence-electron chi connectivity index (χ0n) is 17.6. The fourth-order valence-corrected chi connectivity index (χ4v) is 4.09. The van der Waals surface area contributed by atoms with Gasteiger partial charge in [0.25, 0.3) is 0 Å². The molecule has 2 N–H and O–H groups in total. The fourth-order valence-electron chi connectivity index (χ4n) is 4.09. The molecule has 1 aliphatic rings. The van der Waals surface area contributed by atoms with Gasteiger partial charge in [-0.15, -0.1) is 5.10 Å². The Balaban J connectivity index is 1.35. The first kappa shape index (κ1) is 20.5. The van der Waals surface area contributed by atoms with Gasteiger partial charge in [0.2, 0.25) is 0 Å². The Morgan fingerprint density at radius 3 is 2.62 bits per heavy atom. The minimum atomic E-state index is -0.427. The zero-order chi connectivity index (χ0) is 21.9. The molecule has 2 heterocycles. The molecule has 164 valence electrons. The summed E-state index contributed by atoms with van der Waals surface area (Å²) in [7, 11) is 0. The highest BCUT2D eigenvalue weighted by Crippen LogP contribution is 2.27. The van der Waals surface area contributed by atoms with E-state index in [0.29, 0.717) is 23.5 Å². The fraction of sp³-hybridized carbons (Fsp3) is 0.280. The van der Waals surface area contributed by atoms with E-state index in [0.717, 1.165) is 37.1 Å². The molecular formula is C25H25FN4O2. The van der Waals surface area contributed by atoms with Crippen LogP contribution in [-0.2, 0) is 6.61 Å². The number of aromatic nitrogens is 3. The normalized spacial score (nSPS) is 18.6. The standard InChI is InChI=1S/C25H25FN4O2/c26-21-14-18(6-11-23(21)32-16-17-4-2-1-3-5-17)22-15-27-25-13-12-24(29-30(22)25)28-19-7-9-20(31)10-8-19/h1-6,11-15,19-20,31H,7-10,16H2,(H,28,29). The average molecular weight is 432 g/mol. The molecule has 5 rings (SSSR count). The van der Waals surface area contributed by atoms with Gasteiger partial charge in [-0.3, -0.25) is 0 Å². The number of hydrogen-bond donors (Lipinski definition) is 2. The molecular weight excluding hydrogens is 407 g/mol. The summed E-state index contributed by atoms with van der Waals surface area (Å²) in [6.07, 6.45) is 4.92. The quantitative estimate of drug-likeness (QED) is 0.457. The highest BCUT2D eigenvalue weighted by molar-refractivity contribution is 5.64. The van der Waals surface area contributed by atoms with Crippen LogP contribution in [0.25, 0.3) is 16.9 Å². The first-order valence-corrected chi connectivity index (χ1v) is 10.9. The molecule has 4 aromatic rings. The highest BCUT2D eigenvalue weighted by atomic mass is 19.1. The number of halogens is 1. The Bertz CT molecular complexity index is 1200. The Hall–Kier alpha value is -3.45. The number of ether oxygens (including phenoxy) is 1. The third-order valence-electron chi connectivity index (χ3n) is 5.88. The summed E-state index contributed by atoms with van der Waals surface area (Å²) < 4.78 is 22.1. The van der Waals surface area contributed by atoms with Crippen LogP contribution in [0.3, 0.4) is 0 Å². The van der Waals surface area contributed by atoms with Crippen molar-refractivity contribution in [1.29, 1.82) is 0 Å². The third kappa shape index (κ3) is 4.43. The molecule has 0 spiro atoms. The number of nitrogens with zero attached hydrogens (tertiary/aromatic N) is 3. The van der Waals surface area contributed by atoms with E-state index in [9.17, 15) is 9.50 Å². The first-order valence-electron chi connectivity index (χ1n) is 10.9. The van der Waals surface area contributed by atoms with E-state index in [1.807, 2.05) is 48.5 Å². The van der Waals surface area contributed by atoms with Crippen molar-refractivity contribution in [2.45, 2.75) is 44.4 Å². The molecule has 0 unspecified atom stereocenters. The monoisotopic (exact) mass is 432 g/mol. The van der Waals surface area contributed by atoms with Gasteiger partial charge in [-0.2, -0.15) is 0 Å². The molecule has 0 amide bonds. The second-order valence-corrected chi connectivity index (χ2v) is 8.20. The Morgan fingerprint density at radius 1 is 1.03 bits per heavy atom. The van der Waals surface area contributed by atoms with E-state index in [1.165, 1.54) is 6.07 Å². The van der Waals surface area contributed by atoms with Crippen LogP contribution in [0.2, 0.25) is 0 Å². The predicted molar refractivity (Wildman–Crippen MR) is 121 cm³/mol. The van der Waals surface area contributed by atoms with Crippen molar-refractivity contribution >= 4 is 11.5 Å². The molecule has 2 aromatic carbocycles. The molecule has 7 heteroatoms. The molecule has 6 nitrogen and oxygen atoms in total. The number of benzene rings is 2. The highest BCUT2D eigenvalue weighted by Gasteiger charge is 2.20. The summed E-state index contributed by atoms with van der Waals surface area (Å²) in [5.74, 6) is 0.520. The number of fused-ring (bicyclic) bond motifs is 1. The summed E-state index contributed by atoms with van der Waals surface area (Å²) in [5, 5.41) is 17.8. The topological polar surface area (TPSA) is 71.7 Å². The van der Waals surface area contributed by atoms with E-state index in [2.05, 4.69) is 15.4 Å². The molecule has 32 heavy (non-hydrogen) atoms. The van der Waals surface area contributed by atoms with Gasteiger partial charge in [-0.25, -0.2) is 13.9 Å². The summed E-state index contributed by atoms with van der Waals surface area (Å²) >= 11 is 0. The molecule has 1 fully saturated rings. The molecule has 0 aliphatic heterocycles. The van der Waals surface area contributed by atoms with E-state index in [1.54, 1.807) is 16.8 Å². The Morgan fingerprint density at radius 2 is 1.84 bits per heavy atom. The Kier molecular flexibility index (Phi) is 5.73. The number of imidazole rings is 1. The molecule has 1 saturated carbocycles. The van der Waals surface area contributed by atoms with Crippen molar-refractivity contribution in [3.05, 3.63) is 78.2 Å². The number of aliphatic hydroxyl groups excluding tert-OH is 1. The molecule has 2 aromatic heterocycles. The van der Waals surface area contributed by atoms with Crippen LogP contribution in [0.15, 0.2) is 66.9 Å². The van der Waals surface area contributed by atoms with Crippen LogP contribution in [0.1, 0.15) is 31.2 Å². The van der Waals surface area contributed by atoms with Crippen LogP contribution < -0.4 is 10.1 Å². The summed E-state index contributed by atoms with van der Waals surface area (Å²) in [6.45, 7) is 0.307. The lowest BCUT2D eigenvalue weighted by atomic mass is 9.93. The van der Waals surface area contributed by atoms with E-state index < -0.39 is 5.82 Å². The van der Waals surface area contributed by atoms with Gasteiger partial charge in [-0.05, 0) is 61.6 Å². The number of anilines is 1. The maximum atomic E-state index is 14.8. The number of aliphatic hydroxyl groups is 1. The minimum Gasteiger partial charge on any atom is -0.486 e. The van der Waals surface area contributed by atoms with Crippen LogP contribution >= 0.6 is 0 Å².